The number of carbonyl (C=O) groups excluding carboxylic acids is 2. The van der Waals surface area contributed by atoms with Crippen molar-refractivity contribution in [3.63, 3.8) is 0 Å². The summed E-state index contributed by atoms with van der Waals surface area (Å²) in [7, 11) is -3.72. The first-order valence-electron chi connectivity index (χ1n) is 10.2. The first-order chi connectivity index (χ1) is 14.5. The summed E-state index contributed by atoms with van der Waals surface area (Å²) in [6.07, 6.45) is 1.08. The maximum absolute atomic E-state index is 13.3. The molecule has 0 aromatic heterocycles. The minimum atomic E-state index is -3.72. The Morgan fingerprint density at radius 2 is 1.61 bits per heavy atom. The third-order valence-electron chi connectivity index (χ3n) is 4.89. The second-order valence-electron chi connectivity index (χ2n) is 7.69. The van der Waals surface area contributed by atoms with E-state index in [0.717, 1.165) is 27.3 Å². The van der Waals surface area contributed by atoms with Crippen LogP contribution in [0.2, 0.25) is 0 Å². The van der Waals surface area contributed by atoms with Crippen LogP contribution in [0.5, 0.6) is 0 Å². The number of hydrogen-bond donors (Lipinski definition) is 1. The van der Waals surface area contributed by atoms with Crippen LogP contribution in [0.15, 0.2) is 48.5 Å². The zero-order valence-corrected chi connectivity index (χ0v) is 19.6. The van der Waals surface area contributed by atoms with Gasteiger partial charge in [-0.15, -0.1) is 0 Å². The number of carbonyl (C=O) groups is 2. The maximum Gasteiger partial charge on any atom is 0.244 e. The van der Waals surface area contributed by atoms with E-state index >= 15 is 0 Å². The van der Waals surface area contributed by atoms with Crippen LogP contribution in [0, 0.1) is 13.8 Å². The van der Waals surface area contributed by atoms with Gasteiger partial charge in [-0.3, -0.25) is 13.9 Å². The van der Waals surface area contributed by atoms with Gasteiger partial charge in [0.2, 0.25) is 21.8 Å². The molecule has 8 heteroatoms. The van der Waals surface area contributed by atoms with Crippen LogP contribution in [0.25, 0.3) is 0 Å². The predicted octanol–water partition coefficient (Wildman–Crippen LogP) is 2.62. The summed E-state index contributed by atoms with van der Waals surface area (Å²) < 4.78 is 26.2. The highest BCUT2D eigenvalue weighted by Crippen LogP contribution is 2.22. The summed E-state index contributed by atoms with van der Waals surface area (Å²) in [5.74, 6) is -0.740. The number of aryl methyl sites for hydroxylation is 2. The third-order valence-corrected chi connectivity index (χ3v) is 6.03. The molecule has 0 aliphatic carbocycles. The van der Waals surface area contributed by atoms with Crippen LogP contribution in [0.1, 0.15) is 30.5 Å². The van der Waals surface area contributed by atoms with Gasteiger partial charge in [-0.05, 0) is 56.5 Å². The smallest absolute Gasteiger partial charge is 0.244 e. The molecule has 0 aliphatic heterocycles. The number of anilines is 1. The zero-order chi connectivity index (χ0) is 23.2. The Kier molecular flexibility index (Phi) is 8.21. The highest BCUT2D eigenvalue weighted by atomic mass is 32.2. The van der Waals surface area contributed by atoms with Crippen molar-refractivity contribution in [3.05, 3.63) is 65.2 Å². The van der Waals surface area contributed by atoms with Gasteiger partial charge in [-0.2, -0.15) is 0 Å². The summed E-state index contributed by atoms with van der Waals surface area (Å²) in [6.45, 7) is 7.44. The standard InChI is InChI=1S/C23H31N3O4S/c1-6-24-23(28)19(4)25(15-20-10-8-7-9-11-20)22(27)16-26(31(5,29)30)21-13-17(2)12-18(3)14-21/h7-14,19H,6,15-16H2,1-5H3,(H,24,28)/t19-/m0/s1. The fourth-order valence-corrected chi connectivity index (χ4v) is 4.23. The first-order valence-corrected chi connectivity index (χ1v) is 12.0. The van der Waals surface area contributed by atoms with Crippen molar-refractivity contribution in [3.8, 4) is 0 Å². The summed E-state index contributed by atoms with van der Waals surface area (Å²) >= 11 is 0. The minimum Gasteiger partial charge on any atom is -0.355 e. The average Bonchev–Trinajstić information content (AvgIpc) is 2.68. The zero-order valence-electron chi connectivity index (χ0n) is 18.8. The van der Waals surface area contributed by atoms with Gasteiger partial charge in [0.05, 0.1) is 11.9 Å². The third kappa shape index (κ3) is 6.82. The van der Waals surface area contributed by atoms with Gasteiger partial charge < -0.3 is 10.2 Å². The van der Waals surface area contributed by atoms with Crippen molar-refractivity contribution in [2.45, 2.75) is 40.3 Å². The van der Waals surface area contributed by atoms with Gasteiger partial charge in [0.1, 0.15) is 12.6 Å². The van der Waals surface area contributed by atoms with Crippen molar-refractivity contribution >= 4 is 27.5 Å². The number of nitrogens with one attached hydrogen (secondary N) is 1. The number of hydrogen-bond acceptors (Lipinski definition) is 4. The molecule has 1 N–H and O–H groups in total. The van der Waals surface area contributed by atoms with Crippen LogP contribution < -0.4 is 9.62 Å². The molecule has 0 radical (unpaired) electrons. The fourth-order valence-electron chi connectivity index (χ4n) is 3.39. The Hall–Kier alpha value is -2.87. The molecule has 168 valence electrons. The highest BCUT2D eigenvalue weighted by Gasteiger charge is 2.30. The van der Waals surface area contributed by atoms with Gasteiger partial charge in [-0.25, -0.2) is 8.42 Å². The second-order valence-corrected chi connectivity index (χ2v) is 9.60. The lowest BCUT2D eigenvalue weighted by atomic mass is 10.1. The largest absolute Gasteiger partial charge is 0.355 e. The molecule has 0 unspecified atom stereocenters. The first kappa shape index (κ1) is 24.4. The van der Waals surface area contributed by atoms with Gasteiger partial charge in [0, 0.05) is 13.1 Å². The molecule has 2 rings (SSSR count). The number of sulfonamides is 1. The van der Waals surface area contributed by atoms with Gasteiger partial charge in [0.25, 0.3) is 0 Å². The van der Waals surface area contributed by atoms with Crippen molar-refractivity contribution in [2.75, 3.05) is 23.7 Å². The normalized spacial score (nSPS) is 12.2. The summed E-state index contributed by atoms with van der Waals surface area (Å²) in [4.78, 5) is 27.2. The average molecular weight is 446 g/mol. The Morgan fingerprint density at radius 1 is 1.03 bits per heavy atom. The molecule has 7 nitrogen and oxygen atoms in total. The van der Waals surface area contributed by atoms with E-state index in [9.17, 15) is 18.0 Å². The molecule has 31 heavy (non-hydrogen) atoms. The van der Waals surface area contributed by atoms with E-state index in [1.807, 2.05) is 50.2 Å². The monoisotopic (exact) mass is 445 g/mol. The molecule has 0 heterocycles. The summed E-state index contributed by atoms with van der Waals surface area (Å²) in [6, 6.07) is 13.9. The molecule has 0 spiro atoms. The molecule has 1 atom stereocenters. The molecule has 0 aliphatic rings. The number of rotatable bonds is 9. The number of likely N-dealkylation sites (N-methyl/N-ethyl adjacent to an activating group) is 1. The molecule has 0 saturated heterocycles. The van der Waals surface area contributed by atoms with E-state index in [1.165, 1.54) is 4.90 Å². The second kappa shape index (κ2) is 10.4. The van der Waals surface area contributed by atoms with Crippen LogP contribution in [-0.4, -0.2) is 50.5 Å². The van der Waals surface area contributed by atoms with Crippen molar-refractivity contribution in [1.82, 2.24) is 10.2 Å². The van der Waals surface area contributed by atoms with E-state index < -0.39 is 28.5 Å². The molecule has 2 aromatic carbocycles. The number of amides is 2. The topological polar surface area (TPSA) is 86.8 Å². The van der Waals surface area contributed by atoms with E-state index in [1.54, 1.807) is 26.0 Å². The van der Waals surface area contributed by atoms with Crippen LogP contribution >= 0.6 is 0 Å². The Morgan fingerprint density at radius 3 is 2.13 bits per heavy atom. The van der Waals surface area contributed by atoms with Crippen molar-refractivity contribution in [2.24, 2.45) is 0 Å². The quantitative estimate of drug-likeness (QED) is 0.643. The molecular weight excluding hydrogens is 414 g/mol. The summed E-state index contributed by atoms with van der Waals surface area (Å²) in [5.41, 5.74) is 3.07. The molecule has 2 amide bonds. The Labute approximate surface area is 185 Å². The highest BCUT2D eigenvalue weighted by molar-refractivity contribution is 7.92. The molecular formula is C23H31N3O4S. The maximum atomic E-state index is 13.3. The lowest BCUT2D eigenvalue weighted by molar-refractivity contribution is -0.139. The van der Waals surface area contributed by atoms with E-state index in [2.05, 4.69) is 5.32 Å². The van der Waals surface area contributed by atoms with Crippen LogP contribution in [0.4, 0.5) is 5.69 Å². The minimum absolute atomic E-state index is 0.197. The molecule has 0 bridgehead atoms. The number of benzene rings is 2. The molecule has 0 saturated carbocycles. The van der Waals surface area contributed by atoms with E-state index in [0.29, 0.717) is 12.2 Å². The summed E-state index contributed by atoms with van der Waals surface area (Å²) in [5, 5.41) is 2.73. The lowest BCUT2D eigenvalue weighted by Gasteiger charge is -2.31. The predicted molar refractivity (Wildman–Crippen MR) is 123 cm³/mol. The van der Waals surface area contributed by atoms with Crippen LogP contribution in [0.3, 0.4) is 0 Å². The molecule has 2 aromatic rings. The van der Waals surface area contributed by atoms with E-state index in [4.69, 9.17) is 0 Å². The van der Waals surface area contributed by atoms with Gasteiger partial charge in [0.15, 0.2) is 0 Å². The molecule has 0 fully saturated rings. The SMILES string of the molecule is CCNC(=O)[C@H](C)N(Cc1ccccc1)C(=O)CN(c1cc(C)cc(C)c1)S(C)(=O)=O. The number of nitrogens with zero attached hydrogens (tertiary/aromatic N) is 2. The van der Waals surface area contributed by atoms with E-state index in [-0.39, 0.29) is 12.5 Å². The Balaban J connectivity index is 2.39. The lowest BCUT2D eigenvalue weighted by Crippen LogP contribution is -2.51. The van der Waals surface area contributed by atoms with Gasteiger partial charge >= 0.3 is 0 Å². The van der Waals surface area contributed by atoms with Crippen LogP contribution in [-0.2, 0) is 26.2 Å². The van der Waals surface area contributed by atoms with Crippen molar-refractivity contribution in [1.29, 1.82) is 0 Å². The fraction of sp³-hybridized carbons (Fsp3) is 0.391. The Bertz CT molecular complexity index is 1000. The van der Waals surface area contributed by atoms with Gasteiger partial charge in [-0.1, -0.05) is 36.4 Å². The van der Waals surface area contributed by atoms with Crippen molar-refractivity contribution < 1.29 is 18.0 Å².